The lowest BCUT2D eigenvalue weighted by Gasteiger charge is -2.42. The maximum absolute atomic E-state index is 6.18. The van der Waals surface area contributed by atoms with Crippen molar-refractivity contribution in [2.24, 2.45) is 18.2 Å². The average molecular weight is 265 g/mol. The summed E-state index contributed by atoms with van der Waals surface area (Å²) < 4.78 is 8.08. The predicted molar refractivity (Wildman–Crippen MR) is 76.9 cm³/mol. The number of aromatic nitrogens is 2. The minimum absolute atomic E-state index is 0.0892. The van der Waals surface area contributed by atoms with Crippen LogP contribution in [0, 0.1) is 5.41 Å². The summed E-state index contributed by atoms with van der Waals surface area (Å²) in [4.78, 5) is 0. The van der Waals surface area contributed by atoms with E-state index in [1.807, 2.05) is 24.0 Å². The SMILES string of the molecule is Cn1nccc1CCOC1(CN)CCC(C)(C)CC1. The van der Waals surface area contributed by atoms with Crippen molar-refractivity contribution in [3.63, 3.8) is 0 Å². The van der Waals surface area contributed by atoms with Gasteiger partial charge >= 0.3 is 0 Å². The zero-order valence-electron chi connectivity index (χ0n) is 12.5. The minimum Gasteiger partial charge on any atom is -0.373 e. The molecule has 1 fully saturated rings. The van der Waals surface area contributed by atoms with E-state index < -0.39 is 0 Å². The normalized spacial score (nSPS) is 21.5. The summed E-state index contributed by atoms with van der Waals surface area (Å²) in [6.45, 7) is 6.04. The van der Waals surface area contributed by atoms with E-state index in [9.17, 15) is 0 Å². The number of ether oxygens (including phenoxy) is 1. The molecule has 1 aromatic heterocycles. The third kappa shape index (κ3) is 3.57. The number of hydrogen-bond donors (Lipinski definition) is 1. The van der Waals surface area contributed by atoms with Gasteiger partial charge < -0.3 is 10.5 Å². The van der Waals surface area contributed by atoms with Gasteiger partial charge in [-0.1, -0.05) is 13.8 Å². The third-order valence-corrected chi connectivity index (χ3v) is 4.58. The largest absolute Gasteiger partial charge is 0.373 e. The molecular formula is C15H27N3O. The molecule has 4 nitrogen and oxygen atoms in total. The van der Waals surface area contributed by atoms with Gasteiger partial charge in [0.05, 0.1) is 12.2 Å². The van der Waals surface area contributed by atoms with Gasteiger partial charge in [0.25, 0.3) is 0 Å². The Labute approximate surface area is 116 Å². The van der Waals surface area contributed by atoms with Crippen LogP contribution < -0.4 is 5.73 Å². The molecular weight excluding hydrogens is 238 g/mol. The van der Waals surface area contributed by atoms with Crippen molar-refractivity contribution in [3.8, 4) is 0 Å². The van der Waals surface area contributed by atoms with Gasteiger partial charge in [-0.2, -0.15) is 5.10 Å². The number of aryl methyl sites for hydroxylation is 1. The van der Waals surface area contributed by atoms with Crippen molar-refractivity contribution >= 4 is 0 Å². The molecule has 0 aliphatic heterocycles. The standard InChI is InChI=1S/C15H27N3O/c1-14(2)6-8-15(12-16,9-7-14)19-11-5-13-4-10-17-18(13)3/h4,10H,5-9,11-12,16H2,1-3H3. The maximum Gasteiger partial charge on any atom is 0.0804 e. The van der Waals surface area contributed by atoms with Crippen LogP contribution in [0.1, 0.15) is 45.2 Å². The van der Waals surface area contributed by atoms with Gasteiger partial charge in [0.2, 0.25) is 0 Å². The van der Waals surface area contributed by atoms with Crippen LogP contribution >= 0.6 is 0 Å². The summed E-state index contributed by atoms with van der Waals surface area (Å²) in [5, 5.41) is 4.17. The van der Waals surface area contributed by atoms with Gasteiger partial charge in [0, 0.05) is 31.9 Å². The van der Waals surface area contributed by atoms with Crippen LogP contribution in [-0.4, -0.2) is 28.5 Å². The van der Waals surface area contributed by atoms with Crippen LogP contribution in [0.5, 0.6) is 0 Å². The second-order valence-electron chi connectivity index (χ2n) is 6.60. The third-order valence-electron chi connectivity index (χ3n) is 4.58. The van der Waals surface area contributed by atoms with E-state index in [0.717, 1.165) is 25.9 Å². The van der Waals surface area contributed by atoms with E-state index in [1.54, 1.807) is 0 Å². The first-order valence-electron chi connectivity index (χ1n) is 7.27. The Bertz CT molecular complexity index is 401. The van der Waals surface area contributed by atoms with Crippen molar-refractivity contribution in [2.75, 3.05) is 13.2 Å². The summed E-state index contributed by atoms with van der Waals surface area (Å²) in [7, 11) is 1.97. The van der Waals surface area contributed by atoms with Gasteiger partial charge in [-0.15, -0.1) is 0 Å². The Morgan fingerprint density at radius 2 is 2.00 bits per heavy atom. The predicted octanol–water partition coefficient (Wildman–Crippen LogP) is 2.28. The summed E-state index contributed by atoms with van der Waals surface area (Å²) >= 11 is 0. The highest BCUT2D eigenvalue weighted by Gasteiger charge is 2.38. The molecule has 0 amide bonds. The molecule has 0 spiro atoms. The van der Waals surface area contributed by atoms with E-state index in [0.29, 0.717) is 12.0 Å². The van der Waals surface area contributed by atoms with Crippen LogP contribution in [0.15, 0.2) is 12.3 Å². The average Bonchev–Trinajstić information content (AvgIpc) is 2.78. The van der Waals surface area contributed by atoms with Crippen LogP contribution in [0.2, 0.25) is 0 Å². The first kappa shape index (κ1) is 14.5. The molecule has 108 valence electrons. The van der Waals surface area contributed by atoms with Gasteiger partial charge in [0.15, 0.2) is 0 Å². The molecule has 1 aromatic rings. The van der Waals surface area contributed by atoms with Crippen molar-refractivity contribution in [2.45, 2.75) is 51.6 Å². The van der Waals surface area contributed by atoms with Gasteiger partial charge in [-0.3, -0.25) is 4.68 Å². The number of hydrogen-bond acceptors (Lipinski definition) is 3. The lowest BCUT2D eigenvalue weighted by atomic mass is 9.71. The number of nitrogens with zero attached hydrogens (tertiary/aromatic N) is 2. The highest BCUT2D eigenvalue weighted by Crippen LogP contribution is 2.41. The molecule has 2 N–H and O–H groups in total. The lowest BCUT2D eigenvalue weighted by Crippen LogP contribution is -2.46. The van der Waals surface area contributed by atoms with Crippen molar-refractivity contribution in [1.29, 1.82) is 0 Å². The van der Waals surface area contributed by atoms with Crippen LogP contribution in [0.25, 0.3) is 0 Å². The highest BCUT2D eigenvalue weighted by molar-refractivity contribution is 5.00. The zero-order chi connectivity index (χ0) is 13.9. The lowest BCUT2D eigenvalue weighted by molar-refractivity contribution is -0.0803. The van der Waals surface area contributed by atoms with Gasteiger partial charge in [-0.05, 0) is 37.2 Å². The highest BCUT2D eigenvalue weighted by atomic mass is 16.5. The van der Waals surface area contributed by atoms with E-state index in [-0.39, 0.29) is 5.60 Å². The summed E-state index contributed by atoms with van der Waals surface area (Å²) in [6, 6.07) is 2.04. The zero-order valence-corrected chi connectivity index (χ0v) is 12.5. The van der Waals surface area contributed by atoms with Crippen molar-refractivity contribution < 1.29 is 4.74 Å². The number of rotatable bonds is 5. The molecule has 19 heavy (non-hydrogen) atoms. The second-order valence-corrected chi connectivity index (χ2v) is 6.60. The van der Waals surface area contributed by atoms with Crippen molar-refractivity contribution in [3.05, 3.63) is 18.0 Å². The van der Waals surface area contributed by atoms with Crippen LogP contribution in [-0.2, 0) is 18.2 Å². The Balaban J connectivity index is 1.85. The second kappa shape index (κ2) is 5.63. The Morgan fingerprint density at radius 1 is 1.32 bits per heavy atom. The van der Waals surface area contributed by atoms with Gasteiger partial charge in [-0.25, -0.2) is 0 Å². The molecule has 0 bridgehead atoms. The monoisotopic (exact) mass is 265 g/mol. The summed E-state index contributed by atoms with van der Waals surface area (Å²) in [5.74, 6) is 0. The van der Waals surface area contributed by atoms with Crippen LogP contribution in [0.3, 0.4) is 0 Å². The van der Waals surface area contributed by atoms with E-state index in [2.05, 4.69) is 18.9 Å². The van der Waals surface area contributed by atoms with E-state index >= 15 is 0 Å². The Hall–Kier alpha value is -0.870. The minimum atomic E-state index is -0.0892. The molecule has 2 rings (SSSR count). The number of nitrogens with two attached hydrogens (primary N) is 1. The molecule has 1 aliphatic carbocycles. The maximum atomic E-state index is 6.18. The molecule has 1 aliphatic rings. The fourth-order valence-electron chi connectivity index (χ4n) is 2.81. The molecule has 0 unspecified atom stereocenters. The Kier molecular flexibility index (Phi) is 4.31. The first-order chi connectivity index (χ1) is 8.96. The summed E-state index contributed by atoms with van der Waals surface area (Å²) in [6.07, 6.45) is 7.31. The van der Waals surface area contributed by atoms with E-state index in [4.69, 9.17) is 10.5 Å². The topological polar surface area (TPSA) is 53.1 Å². The molecule has 1 saturated carbocycles. The molecule has 0 atom stereocenters. The fourth-order valence-corrected chi connectivity index (χ4v) is 2.81. The van der Waals surface area contributed by atoms with Crippen molar-refractivity contribution in [1.82, 2.24) is 9.78 Å². The van der Waals surface area contributed by atoms with Crippen LogP contribution in [0.4, 0.5) is 0 Å². The Morgan fingerprint density at radius 3 is 2.53 bits per heavy atom. The summed E-state index contributed by atoms with van der Waals surface area (Å²) in [5.41, 5.74) is 7.54. The quantitative estimate of drug-likeness (QED) is 0.888. The molecule has 0 aromatic carbocycles. The first-order valence-corrected chi connectivity index (χ1v) is 7.27. The molecule has 0 saturated heterocycles. The fraction of sp³-hybridized carbons (Fsp3) is 0.800. The molecule has 4 heteroatoms. The molecule has 0 radical (unpaired) electrons. The van der Waals surface area contributed by atoms with E-state index in [1.165, 1.54) is 18.5 Å². The molecule has 1 heterocycles. The smallest absolute Gasteiger partial charge is 0.0804 e. The van der Waals surface area contributed by atoms with Gasteiger partial charge in [0.1, 0.15) is 0 Å².